The maximum absolute atomic E-state index is 12.3. The van der Waals surface area contributed by atoms with E-state index in [0.717, 1.165) is 0 Å². The highest BCUT2D eigenvalue weighted by Crippen LogP contribution is 2.23. The van der Waals surface area contributed by atoms with E-state index in [-0.39, 0.29) is 23.3 Å². The van der Waals surface area contributed by atoms with E-state index in [4.69, 9.17) is 39.5 Å². The largest absolute Gasteiger partial charge is 0.485 e. The molecule has 0 bridgehead atoms. The zero-order chi connectivity index (χ0) is 20.1. The summed E-state index contributed by atoms with van der Waals surface area (Å²) in [4.78, 5) is 24.5. The lowest BCUT2D eigenvalue weighted by Crippen LogP contribution is -2.13. The van der Waals surface area contributed by atoms with Crippen molar-refractivity contribution in [3.63, 3.8) is 0 Å². The molecule has 0 saturated carbocycles. The lowest BCUT2D eigenvalue weighted by atomic mass is 10.1. The zero-order valence-corrected chi connectivity index (χ0v) is 16.7. The first kappa shape index (κ1) is 20.2. The van der Waals surface area contributed by atoms with Crippen molar-refractivity contribution in [3.05, 3.63) is 92.9 Å². The summed E-state index contributed by atoms with van der Waals surface area (Å²) >= 11 is 17.9. The maximum atomic E-state index is 12.3. The number of benzene rings is 3. The normalized spacial score (nSPS) is 10.4. The predicted octanol–water partition coefficient (Wildman–Crippen LogP) is 6.16. The molecule has 0 aromatic heterocycles. The molecule has 0 aliphatic carbocycles. The highest BCUT2D eigenvalue weighted by molar-refractivity contribution is 6.37. The first-order valence-corrected chi connectivity index (χ1v) is 9.34. The van der Waals surface area contributed by atoms with Crippen LogP contribution in [0.3, 0.4) is 0 Å². The molecule has 3 aromatic carbocycles. The number of ether oxygens (including phenoxy) is 1. The summed E-state index contributed by atoms with van der Waals surface area (Å²) in [5, 5.41) is 3.86. The van der Waals surface area contributed by atoms with Gasteiger partial charge in [-0.1, -0.05) is 46.9 Å². The van der Waals surface area contributed by atoms with Gasteiger partial charge < -0.3 is 10.1 Å². The van der Waals surface area contributed by atoms with Gasteiger partial charge in [-0.05, 0) is 54.6 Å². The number of halogens is 3. The van der Waals surface area contributed by atoms with Crippen LogP contribution in [0.2, 0.25) is 15.1 Å². The Morgan fingerprint density at radius 2 is 1.54 bits per heavy atom. The number of anilines is 1. The molecule has 4 nitrogen and oxygen atoms in total. The van der Waals surface area contributed by atoms with Gasteiger partial charge in [0.2, 0.25) is 5.78 Å². The lowest BCUT2D eigenvalue weighted by molar-refractivity contribution is 0.0921. The highest BCUT2D eigenvalue weighted by atomic mass is 35.5. The van der Waals surface area contributed by atoms with Crippen molar-refractivity contribution < 1.29 is 14.3 Å². The van der Waals surface area contributed by atoms with Crippen LogP contribution in [0.4, 0.5) is 5.69 Å². The molecular weight excluding hydrogens is 421 g/mol. The summed E-state index contributed by atoms with van der Waals surface area (Å²) in [6.07, 6.45) is 0. The van der Waals surface area contributed by atoms with Gasteiger partial charge >= 0.3 is 0 Å². The molecule has 28 heavy (non-hydrogen) atoms. The Kier molecular flexibility index (Phi) is 6.57. The van der Waals surface area contributed by atoms with E-state index in [0.29, 0.717) is 32.6 Å². The maximum Gasteiger partial charge on any atom is 0.257 e. The Hall–Kier alpha value is -2.53. The summed E-state index contributed by atoms with van der Waals surface area (Å²) in [7, 11) is 0. The van der Waals surface area contributed by atoms with Crippen molar-refractivity contribution in [1.29, 1.82) is 0 Å². The van der Waals surface area contributed by atoms with Gasteiger partial charge in [-0.25, -0.2) is 0 Å². The van der Waals surface area contributed by atoms with Crippen molar-refractivity contribution in [2.75, 3.05) is 11.9 Å². The molecule has 3 aromatic rings. The Labute approximate surface area is 177 Å². The second kappa shape index (κ2) is 9.11. The van der Waals surface area contributed by atoms with Gasteiger partial charge in [0.05, 0.1) is 15.6 Å². The smallest absolute Gasteiger partial charge is 0.257 e. The second-order valence-corrected chi connectivity index (χ2v) is 7.05. The fourth-order valence-corrected chi connectivity index (χ4v) is 3.16. The molecule has 142 valence electrons. The molecule has 7 heteroatoms. The molecule has 0 radical (unpaired) electrons. The molecule has 0 heterocycles. The lowest BCUT2D eigenvalue weighted by Gasteiger charge is -2.09. The average molecular weight is 435 g/mol. The zero-order valence-electron chi connectivity index (χ0n) is 14.4. The summed E-state index contributed by atoms with van der Waals surface area (Å²) in [5.74, 6) is -0.0984. The van der Waals surface area contributed by atoms with E-state index in [1.807, 2.05) is 0 Å². The Balaban J connectivity index is 1.59. The van der Waals surface area contributed by atoms with Crippen LogP contribution < -0.4 is 10.1 Å². The number of hydrogen-bond donors (Lipinski definition) is 1. The first-order chi connectivity index (χ1) is 13.4. The summed E-state index contributed by atoms with van der Waals surface area (Å²) in [6.45, 7) is -0.174. The topological polar surface area (TPSA) is 55.4 Å². The van der Waals surface area contributed by atoms with Crippen LogP contribution in [0.25, 0.3) is 0 Å². The Morgan fingerprint density at radius 3 is 2.21 bits per heavy atom. The van der Waals surface area contributed by atoms with Gasteiger partial charge in [-0.15, -0.1) is 0 Å². The monoisotopic (exact) mass is 433 g/mol. The molecule has 0 saturated heterocycles. The van der Waals surface area contributed by atoms with Crippen molar-refractivity contribution in [2.45, 2.75) is 0 Å². The fourth-order valence-electron chi connectivity index (χ4n) is 2.42. The van der Waals surface area contributed by atoms with Gasteiger partial charge in [0.15, 0.2) is 6.61 Å². The molecule has 0 spiro atoms. The van der Waals surface area contributed by atoms with Crippen LogP contribution in [-0.2, 0) is 0 Å². The molecule has 0 atom stereocenters. The van der Waals surface area contributed by atoms with Gasteiger partial charge in [-0.3, -0.25) is 9.59 Å². The number of Topliss-reactive ketones (excluding diaryl/α,β-unsaturated/α-hetero) is 1. The molecule has 1 amide bonds. The van der Waals surface area contributed by atoms with Crippen LogP contribution in [0.15, 0.2) is 66.7 Å². The van der Waals surface area contributed by atoms with E-state index in [1.54, 1.807) is 60.7 Å². The average Bonchev–Trinajstić information content (AvgIpc) is 2.67. The third kappa shape index (κ3) is 5.04. The van der Waals surface area contributed by atoms with Gasteiger partial charge in [0, 0.05) is 16.3 Å². The number of ketones is 1. The van der Waals surface area contributed by atoms with Crippen molar-refractivity contribution >= 4 is 52.2 Å². The van der Waals surface area contributed by atoms with E-state index in [9.17, 15) is 9.59 Å². The highest BCUT2D eigenvalue weighted by Gasteiger charge is 2.12. The minimum atomic E-state index is -0.313. The van der Waals surface area contributed by atoms with Crippen LogP contribution >= 0.6 is 34.8 Å². The number of nitrogens with one attached hydrogen (secondary N) is 1. The first-order valence-electron chi connectivity index (χ1n) is 8.21. The number of hydrogen-bond acceptors (Lipinski definition) is 3. The number of carbonyl (C=O) groups excluding carboxylic acids is 2. The molecule has 0 aliphatic rings. The summed E-state index contributed by atoms with van der Waals surface area (Å²) in [5.41, 5.74) is 1.30. The standard InChI is InChI=1S/C21H14Cl3NO3/c22-13-5-10-16(19(24)11-13)20(26)12-28-15-8-6-14(7-9-15)25-21(27)17-3-1-2-4-18(17)23/h1-11H,12H2,(H,25,27). The van der Waals surface area contributed by atoms with Crippen molar-refractivity contribution in [3.8, 4) is 5.75 Å². The van der Waals surface area contributed by atoms with Crippen LogP contribution in [0, 0.1) is 0 Å². The van der Waals surface area contributed by atoms with E-state index in [1.165, 1.54) is 6.07 Å². The SMILES string of the molecule is O=C(COc1ccc(NC(=O)c2ccccc2Cl)cc1)c1ccc(Cl)cc1Cl. The van der Waals surface area contributed by atoms with Gasteiger partial charge in [-0.2, -0.15) is 0 Å². The molecule has 0 unspecified atom stereocenters. The molecule has 1 N–H and O–H groups in total. The van der Waals surface area contributed by atoms with E-state index < -0.39 is 0 Å². The number of amides is 1. The second-order valence-electron chi connectivity index (χ2n) is 5.79. The molecule has 0 aliphatic heterocycles. The van der Waals surface area contributed by atoms with E-state index in [2.05, 4.69) is 5.32 Å². The fraction of sp³-hybridized carbons (Fsp3) is 0.0476. The molecule has 3 rings (SSSR count). The minimum Gasteiger partial charge on any atom is -0.485 e. The molecule has 0 fully saturated rings. The Morgan fingerprint density at radius 1 is 0.821 bits per heavy atom. The quantitative estimate of drug-likeness (QED) is 0.473. The van der Waals surface area contributed by atoms with E-state index >= 15 is 0 Å². The van der Waals surface area contributed by atoms with Gasteiger partial charge in [0.25, 0.3) is 5.91 Å². The third-order valence-corrected chi connectivity index (χ3v) is 4.71. The van der Waals surface area contributed by atoms with Crippen LogP contribution in [0.1, 0.15) is 20.7 Å². The third-order valence-electron chi connectivity index (χ3n) is 3.83. The minimum absolute atomic E-state index is 0.174. The number of carbonyl (C=O) groups is 2. The Bertz CT molecular complexity index is 1020. The summed E-state index contributed by atoms with van der Waals surface area (Å²) < 4.78 is 5.50. The van der Waals surface area contributed by atoms with Crippen molar-refractivity contribution in [1.82, 2.24) is 0 Å². The van der Waals surface area contributed by atoms with Crippen molar-refractivity contribution in [2.24, 2.45) is 0 Å². The van der Waals surface area contributed by atoms with Crippen LogP contribution in [0.5, 0.6) is 5.75 Å². The van der Waals surface area contributed by atoms with Gasteiger partial charge in [0.1, 0.15) is 5.75 Å². The molecular formula is C21H14Cl3NO3. The van der Waals surface area contributed by atoms with Crippen LogP contribution in [-0.4, -0.2) is 18.3 Å². The predicted molar refractivity (Wildman–Crippen MR) is 112 cm³/mol. The summed E-state index contributed by atoms with van der Waals surface area (Å²) in [6, 6.07) is 18.1. The number of rotatable bonds is 6.